The van der Waals surface area contributed by atoms with Gasteiger partial charge in [-0.05, 0) is 19.5 Å². The van der Waals surface area contributed by atoms with Crippen LogP contribution in [0.1, 0.15) is 26.7 Å². The predicted octanol–water partition coefficient (Wildman–Crippen LogP) is 3.25. The van der Waals surface area contributed by atoms with Crippen molar-refractivity contribution in [3.8, 4) is 0 Å². The van der Waals surface area contributed by atoms with E-state index in [1.807, 2.05) is 11.4 Å². The average Bonchev–Trinajstić information content (AvgIpc) is 2.28. The lowest BCUT2D eigenvalue weighted by molar-refractivity contribution is 0.306. The highest BCUT2D eigenvalue weighted by atomic mass is 32.9. The third-order valence-corrected chi connectivity index (χ3v) is 7.68. The molecule has 1 nitrogen and oxygen atoms in total. The second-order valence-corrected chi connectivity index (χ2v) is 11.3. The molecule has 66 valence electrons. The lowest BCUT2D eigenvalue weighted by Gasteiger charge is -2.22. The van der Waals surface area contributed by atoms with Crippen LogP contribution in [0.3, 0.4) is 0 Å². The molecule has 1 fully saturated rings. The Morgan fingerprint density at radius 3 is 2.27 bits per heavy atom. The second-order valence-electron chi connectivity index (χ2n) is 3.03. The van der Waals surface area contributed by atoms with Crippen LogP contribution in [-0.2, 0) is 16.3 Å². The van der Waals surface area contributed by atoms with E-state index in [2.05, 4.69) is 20.5 Å². The highest BCUT2D eigenvalue weighted by Gasteiger charge is 2.39. The maximum atomic E-state index is 5.63. The first kappa shape index (κ1) is 10.0. The summed E-state index contributed by atoms with van der Waals surface area (Å²) >= 11 is 7.26. The topological polar surface area (TPSA) is 9.23 Å². The molecule has 0 radical (unpaired) electrons. The van der Waals surface area contributed by atoms with Crippen molar-refractivity contribution in [2.45, 2.75) is 31.4 Å². The molecular weight excluding hydrogens is 195 g/mol. The standard InChI is InChI=1S/C7H15OPS2/c1-4-7(5-2)6-8-9(3,10)11-7/h4-6H2,1-3H3. The summed E-state index contributed by atoms with van der Waals surface area (Å²) in [5.74, 6) is 0. The quantitative estimate of drug-likeness (QED) is 0.647. The van der Waals surface area contributed by atoms with Crippen LogP contribution < -0.4 is 0 Å². The van der Waals surface area contributed by atoms with Gasteiger partial charge in [-0.1, -0.05) is 37.0 Å². The summed E-state index contributed by atoms with van der Waals surface area (Å²) in [5, 5.41) is 0. The zero-order valence-corrected chi connectivity index (χ0v) is 9.82. The molecule has 1 unspecified atom stereocenters. The van der Waals surface area contributed by atoms with Gasteiger partial charge in [-0.2, -0.15) is 0 Å². The third-order valence-electron chi connectivity index (χ3n) is 2.21. The van der Waals surface area contributed by atoms with E-state index in [4.69, 9.17) is 16.3 Å². The van der Waals surface area contributed by atoms with Crippen molar-refractivity contribution in [2.24, 2.45) is 0 Å². The van der Waals surface area contributed by atoms with Gasteiger partial charge in [0.25, 0.3) is 0 Å². The summed E-state index contributed by atoms with van der Waals surface area (Å²) < 4.78 is 5.98. The van der Waals surface area contributed by atoms with Crippen molar-refractivity contribution in [2.75, 3.05) is 13.3 Å². The van der Waals surface area contributed by atoms with Gasteiger partial charge in [0, 0.05) is 4.75 Å². The van der Waals surface area contributed by atoms with Crippen LogP contribution in [-0.4, -0.2) is 18.0 Å². The van der Waals surface area contributed by atoms with Crippen LogP contribution in [0.5, 0.6) is 0 Å². The van der Waals surface area contributed by atoms with Crippen LogP contribution in [0, 0.1) is 0 Å². The van der Waals surface area contributed by atoms with Crippen LogP contribution >= 0.6 is 16.8 Å². The molecule has 1 rings (SSSR count). The van der Waals surface area contributed by atoms with Gasteiger partial charge in [-0.25, -0.2) is 0 Å². The molecule has 0 saturated carbocycles. The van der Waals surface area contributed by atoms with E-state index in [0.717, 1.165) is 6.61 Å². The zero-order valence-electron chi connectivity index (χ0n) is 7.29. The largest absolute Gasteiger partial charge is 0.340 e. The molecule has 0 bridgehead atoms. The first-order valence-corrected chi connectivity index (χ1v) is 8.55. The minimum atomic E-state index is -1.45. The van der Waals surface area contributed by atoms with E-state index in [0.29, 0.717) is 4.75 Å². The first-order valence-electron chi connectivity index (χ1n) is 3.96. The van der Waals surface area contributed by atoms with Gasteiger partial charge in [0.05, 0.1) is 6.61 Å². The van der Waals surface area contributed by atoms with Crippen molar-refractivity contribution >= 4 is 28.7 Å². The lowest BCUT2D eigenvalue weighted by atomic mass is 10.0. The fourth-order valence-electron chi connectivity index (χ4n) is 1.22. The van der Waals surface area contributed by atoms with E-state index >= 15 is 0 Å². The molecule has 0 aliphatic carbocycles. The van der Waals surface area contributed by atoms with E-state index in [1.165, 1.54) is 12.8 Å². The van der Waals surface area contributed by atoms with Crippen LogP contribution in [0.2, 0.25) is 0 Å². The van der Waals surface area contributed by atoms with Gasteiger partial charge in [-0.15, -0.1) is 0 Å². The SMILES string of the molecule is CCC1(CC)COP(C)(=S)S1. The van der Waals surface area contributed by atoms with Crippen LogP contribution in [0.25, 0.3) is 0 Å². The number of hydrogen-bond acceptors (Lipinski definition) is 3. The van der Waals surface area contributed by atoms with Gasteiger partial charge in [0.15, 0.2) is 0 Å². The smallest absolute Gasteiger partial charge is 0.117 e. The molecule has 0 aromatic rings. The summed E-state index contributed by atoms with van der Waals surface area (Å²) in [5.41, 5.74) is -1.45. The van der Waals surface area contributed by atoms with Gasteiger partial charge in [0.1, 0.15) is 5.47 Å². The zero-order chi connectivity index (χ0) is 8.54. The highest BCUT2D eigenvalue weighted by Crippen LogP contribution is 2.69. The fourth-order valence-corrected chi connectivity index (χ4v) is 7.86. The Morgan fingerprint density at radius 1 is 1.55 bits per heavy atom. The summed E-state index contributed by atoms with van der Waals surface area (Å²) in [6, 6.07) is 0. The Labute approximate surface area is 78.1 Å². The van der Waals surface area contributed by atoms with E-state index in [-0.39, 0.29) is 0 Å². The van der Waals surface area contributed by atoms with Crippen molar-refractivity contribution < 1.29 is 4.52 Å². The van der Waals surface area contributed by atoms with Crippen molar-refractivity contribution in [3.63, 3.8) is 0 Å². The number of hydrogen-bond donors (Lipinski definition) is 0. The van der Waals surface area contributed by atoms with E-state index < -0.39 is 5.47 Å². The van der Waals surface area contributed by atoms with E-state index in [1.54, 1.807) is 0 Å². The molecule has 1 saturated heterocycles. The van der Waals surface area contributed by atoms with E-state index in [9.17, 15) is 0 Å². The molecular formula is C7H15OPS2. The summed E-state index contributed by atoms with van der Waals surface area (Å²) in [6.45, 7) is 7.40. The normalized spacial score (nSPS) is 35.9. The monoisotopic (exact) mass is 210 g/mol. The summed E-state index contributed by atoms with van der Waals surface area (Å²) in [7, 11) is 0. The Hall–Kier alpha value is 0.960. The minimum Gasteiger partial charge on any atom is -0.340 e. The Bertz CT molecular complexity index is 189. The third kappa shape index (κ3) is 2.21. The van der Waals surface area contributed by atoms with Crippen molar-refractivity contribution in [3.05, 3.63) is 0 Å². The highest BCUT2D eigenvalue weighted by molar-refractivity contribution is 8.70. The first-order chi connectivity index (χ1) is 5.04. The Kier molecular flexibility index (Phi) is 3.08. The second kappa shape index (κ2) is 3.37. The minimum absolute atomic E-state index is 0.351. The van der Waals surface area contributed by atoms with Crippen molar-refractivity contribution in [1.29, 1.82) is 0 Å². The molecule has 0 aromatic carbocycles. The molecule has 1 atom stereocenters. The Balaban J connectivity index is 2.70. The predicted molar refractivity (Wildman–Crippen MR) is 57.1 cm³/mol. The lowest BCUT2D eigenvalue weighted by Crippen LogP contribution is -2.22. The average molecular weight is 210 g/mol. The molecule has 0 spiro atoms. The number of rotatable bonds is 2. The summed E-state index contributed by atoms with van der Waals surface area (Å²) in [6.07, 6.45) is 2.36. The molecule has 0 aromatic heterocycles. The molecule has 1 aliphatic heterocycles. The van der Waals surface area contributed by atoms with Crippen LogP contribution in [0.15, 0.2) is 0 Å². The molecule has 4 heteroatoms. The molecule has 0 N–H and O–H groups in total. The molecule has 0 amide bonds. The maximum Gasteiger partial charge on any atom is 0.117 e. The van der Waals surface area contributed by atoms with Gasteiger partial charge < -0.3 is 4.52 Å². The van der Waals surface area contributed by atoms with Gasteiger partial charge in [0.2, 0.25) is 0 Å². The Morgan fingerprint density at radius 2 is 2.09 bits per heavy atom. The molecule has 1 aliphatic rings. The summed E-state index contributed by atoms with van der Waals surface area (Å²) in [4.78, 5) is 0. The van der Waals surface area contributed by atoms with Gasteiger partial charge >= 0.3 is 0 Å². The van der Waals surface area contributed by atoms with Crippen LogP contribution in [0.4, 0.5) is 0 Å². The fraction of sp³-hybridized carbons (Fsp3) is 1.00. The van der Waals surface area contributed by atoms with Crippen molar-refractivity contribution in [1.82, 2.24) is 0 Å². The molecule has 11 heavy (non-hydrogen) atoms. The van der Waals surface area contributed by atoms with Gasteiger partial charge in [-0.3, -0.25) is 0 Å². The molecule has 1 heterocycles. The maximum absolute atomic E-state index is 5.63.